The summed E-state index contributed by atoms with van der Waals surface area (Å²) in [7, 11) is 1.70. The summed E-state index contributed by atoms with van der Waals surface area (Å²) >= 11 is 0. The molecule has 5 nitrogen and oxygen atoms in total. The second-order valence-electron chi connectivity index (χ2n) is 9.63. The van der Waals surface area contributed by atoms with Gasteiger partial charge >= 0.3 is 0 Å². The predicted molar refractivity (Wildman–Crippen MR) is 133 cm³/mol. The van der Waals surface area contributed by atoms with E-state index in [1.54, 1.807) is 7.11 Å². The van der Waals surface area contributed by atoms with E-state index < -0.39 is 0 Å². The minimum Gasteiger partial charge on any atom is -0.497 e. The van der Waals surface area contributed by atoms with E-state index in [0.29, 0.717) is 6.54 Å². The molecule has 0 unspecified atom stereocenters. The Labute approximate surface area is 199 Å². The summed E-state index contributed by atoms with van der Waals surface area (Å²) in [6.45, 7) is 6.88. The van der Waals surface area contributed by atoms with Crippen LogP contribution in [-0.2, 0) is 24.4 Å². The number of amides is 1. The molecule has 2 aromatic rings. The Balaban J connectivity index is 1.21. The largest absolute Gasteiger partial charge is 0.497 e. The molecule has 0 aromatic heterocycles. The fraction of sp³-hybridized carbons (Fsp3) is 0.536. The van der Waals surface area contributed by atoms with Gasteiger partial charge in [-0.2, -0.15) is 0 Å². The molecule has 0 saturated carbocycles. The van der Waals surface area contributed by atoms with Crippen molar-refractivity contribution in [2.75, 3.05) is 33.3 Å². The number of carbonyl (C=O) groups is 1. The lowest BCUT2D eigenvalue weighted by Crippen LogP contribution is -2.40. The van der Waals surface area contributed by atoms with Gasteiger partial charge < -0.3 is 10.1 Å². The molecule has 0 aliphatic carbocycles. The van der Waals surface area contributed by atoms with Crippen LogP contribution in [0.5, 0.6) is 5.75 Å². The van der Waals surface area contributed by atoms with Crippen molar-refractivity contribution in [3.8, 4) is 5.75 Å². The van der Waals surface area contributed by atoms with Crippen LogP contribution in [0.25, 0.3) is 0 Å². The van der Waals surface area contributed by atoms with Crippen LogP contribution in [0.4, 0.5) is 0 Å². The maximum absolute atomic E-state index is 12.8. The van der Waals surface area contributed by atoms with Crippen LogP contribution in [0.2, 0.25) is 0 Å². The second-order valence-corrected chi connectivity index (χ2v) is 9.63. The number of nitrogens with one attached hydrogen (secondary N) is 1. The van der Waals surface area contributed by atoms with Gasteiger partial charge in [-0.05, 0) is 80.7 Å². The Morgan fingerprint density at radius 2 is 1.45 bits per heavy atom. The van der Waals surface area contributed by atoms with Gasteiger partial charge in [-0.3, -0.25) is 14.6 Å². The summed E-state index contributed by atoms with van der Waals surface area (Å²) < 4.78 is 5.33. The van der Waals surface area contributed by atoms with Crippen molar-refractivity contribution in [3.63, 3.8) is 0 Å². The minimum atomic E-state index is 0.117. The number of carbonyl (C=O) groups excluding carboxylic acids is 1. The monoisotopic (exact) mass is 449 g/mol. The number of rotatable bonds is 8. The number of piperidine rings is 1. The van der Waals surface area contributed by atoms with E-state index >= 15 is 0 Å². The molecule has 0 spiro atoms. The van der Waals surface area contributed by atoms with Crippen LogP contribution in [-0.4, -0.2) is 49.0 Å². The molecule has 2 aromatic carbocycles. The lowest BCUT2D eigenvalue weighted by atomic mass is 9.95. The third-order valence-corrected chi connectivity index (χ3v) is 7.06. The highest BCUT2D eigenvalue weighted by Crippen LogP contribution is 2.21. The van der Waals surface area contributed by atoms with Gasteiger partial charge in [-0.25, -0.2) is 0 Å². The highest BCUT2D eigenvalue weighted by molar-refractivity contribution is 5.78. The molecule has 0 atom stereocenters. The molecule has 1 N–H and O–H groups in total. The van der Waals surface area contributed by atoms with Crippen LogP contribution in [0.3, 0.4) is 0 Å². The van der Waals surface area contributed by atoms with Crippen LogP contribution >= 0.6 is 0 Å². The first-order chi connectivity index (χ1) is 16.2. The number of ether oxygens (including phenoxy) is 1. The van der Waals surface area contributed by atoms with Gasteiger partial charge in [-0.15, -0.1) is 0 Å². The van der Waals surface area contributed by atoms with Gasteiger partial charge in [0.2, 0.25) is 5.91 Å². The minimum absolute atomic E-state index is 0.117. The van der Waals surface area contributed by atoms with Gasteiger partial charge in [0.05, 0.1) is 7.11 Å². The molecular weight excluding hydrogens is 410 g/mol. The zero-order valence-corrected chi connectivity index (χ0v) is 20.1. The van der Waals surface area contributed by atoms with Crippen molar-refractivity contribution >= 4 is 5.91 Å². The first-order valence-electron chi connectivity index (χ1n) is 12.6. The number of benzene rings is 2. The quantitative estimate of drug-likeness (QED) is 0.640. The summed E-state index contributed by atoms with van der Waals surface area (Å²) in [5.74, 6) is 1.22. The molecule has 2 aliphatic rings. The van der Waals surface area contributed by atoms with Crippen molar-refractivity contribution in [3.05, 3.63) is 65.2 Å². The molecule has 2 aliphatic heterocycles. The molecule has 0 radical (unpaired) electrons. The van der Waals surface area contributed by atoms with E-state index in [2.05, 4.69) is 51.5 Å². The van der Waals surface area contributed by atoms with Gasteiger partial charge in [0, 0.05) is 25.6 Å². The topological polar surface area (TPSA) is 44.8 Å². The van der Waals surface area contributed by atoms with Gasteiger partial charge in [0.15, 0.2) is 0 Å². The number of nitrogens with zero attached hydrogens (tertiary/aromatic N) is 2. The van der Waals surface area contributed by atoms with E-state index in [1.165, 1.54) is 55.5 Å². The second kappa shape index (κ2) is 12.2. The number of hydrogen-bond acceptors (Lipinski definition) is 4. The Bertz CT molecular complexity index is 884. The molecule has 2 fully saturated rings. The molecule has 5 heteroatoms. The van der Waals surface area contributed by atoms with Crippen molar-refractivity contribution < 1.29 is 9.53 Å². The van der Waals surface area contributed by atoms with E-state index in [1.807, 2.05) is 12.1 Å². The summed E-state index contributed by atoms with van der Waals surface area (Å²) in [6, 6.07) is 17.0. The van der Waals surface area contributed by atoms with Crippen LogP contribution in [0.15, 0.2) is 48.5 Å². The van der Waals surface area contributed by atoms with Gasteiger partial charge in [-0.1, -0.05) is 49.2 Å². The van der Waals surface area contributed by atoms with Crippen LogP contribution in [0.1, 0.15) is 55.2 Å². The average molecular weight is 450 g/mol. The number of methoxy groups -OCH3 is 1. The molecule has 1 amide bonds. The Kier molecular flexibility index (Phi) is 8.79. The zero-order chi connectivity index (χ0) is 22.9. The fourth-order valence-corrected chi connectivity index (χ4v) is 5.11. The number of likely N-dealkylation sites (tertiary alicyclic amines) is 2. The normalized spacial score (nSPS) is 18.6. The molecule has 4 rings (SSSR count). The van der Waals surface area contributed by atoms with Gasteiger partial charge in [0.25, 0.3) is 0 Å². The highest BCUT2D eigenvalue weighted by atomic mass is 16.5. The van der Waals surface area contributed by atoms with E-state index in [-0.39, 0.29) is 11.8 Å². The summed E-state index contributed by atoms with van der Waals surface area (Å²) in [5, 5.41) is 3.20. The lowest BCUT2D eigenvalue weighted by molar-refractivity contribution is -0.126. The van der Waals surface area contributed by atoms with Crippen molar-refractivity contribution in [1.29, 1.82) is 0 Å². The SMILES string of the molecule is COc1cccc(CN2CCC(C(=O)NCc3cccc(CN4CCCCCC4)c3)CC2)c1. The number of hydrogen-bond donors (Lipinski definition) is 1. The van der Waals surface area contributed by atoms with Crippen molar-refractivity contribution in [2.45, 2.75) is 58.2 Å². The standard InChI is InChI=1S/C28H39N3O2/c1-33-27-11-7-10-25(19-27)22-31-16-12-26(13-17-31)28(32)29-20-23-8-6-9-24(18-23)21-30-14-4-2-3-5-15-30/h6-11,18-19,26H,2-5,12-17,20-22H2,1H3,(H,29,32). The molecule has 0 bridgehead atoms. The zero-order valence-electron chi connectivity index (χ0n) is 20.1. The highest BCUT2D eigenvalue weighted by Gasteiger charge is 2.24. The fourth-order valence-electron chi connectivity index (χ4n) is 5.11. The summed E-state index contributed by atoms with van der Waals surface area (Å²) in [6.07, 6.45) is 7.20. The average Bonchev–Trinajstić information content (AvgIpc) is 3.12. The predicted octanol–water partition coefficient (Wildman–Crippen LogP) is 4.60. The third-order valence-electron chi connectivity index (χ3n) is 7.06. The first-order valence-corrected chi connectivity index (χ1v) is 12.6. The molecule has 2 saturated heterocycles. The van der Waals surface area contributed by atoms with E-state index in [0.717, 1.165) is 44.8 Å². The maximum atomic E-state index is 12.8. The van der Waals surface area contributed by atoms with Crippen molar-refractivity contribution in [2.24, 2.45) is 5.92 Å². The smallest absolute Gasteiger partial charge is 0.223 e. The van der Waals surface area contributed by atoms with Crippen LogP contribution in [0, 0.1) is 5.92 Å². The Hall–Kier alpha value is -2.37. The van der Waals surface area contributed by atoms with Crippen molar-refractivity contribution in [1.82, 2.24) is 15.1 Å². The maximum Gasteiger partial charge on any atom is 0.223 e. The van der Waals surface area contributed by atoms with E-state index in [4.69, 9.17) is 4.74 Å². The molecule has 178 valence electrons. The molecule has 2 heterocycles. The van der Waals surface area contributed by atoms with E-state index in [9.17, 15) is 4.79 Å². The molecule has 33 heavy (non-hydrogen) atoms. The lowest BCUT2D eigenvalue weighted by Gasteiger charge is -2.31. The van der Waals surface area contributed by atoms with Crippen LogP contribution < -0.4 is 10.1 Å². The summed E-state index contributed by atoms with van der Waals surface area (Å²) in [4.78, 5) is 17.8. The van der Waals surface area contributed by atoms with Gasteiger partial charge in [0.1, 0.15) is 5.75 Å². The Morgan fingerprint density at radius 1 is 0.848 bits per heavy atom. The summed E-state index contributed by atoms with van der Waals surface area (Å²) in [5.41, 5.74) is 3.82. The third kappa shape index (κ3) is 7.31. The first kappa shape index (κ1) is 23.8. The Morgan fingerprint density at radius 3 is 2.15 bits per heavy atom. The molecular formula is C28H39N3O2.